The van der Waals surface area contributed by atoms with Crippen LogP contribution in [0, 0.1) is 6.92 Å². The Balaban J connectivity index is 2.27. The van der Waals surface area contributed by atoms with E-state index in [2.05, 4.69) is 25.2 Å². The van der Waals surface area contributed by atoms with Crippen molar-refractivity contribution in [2.45, 2.75) is 31.8 Å². The van der Waals surface area contributed by atoms with Gasteiger partial charge < -0.3 is 15.8 Å². The fourth-order valence-corrected chi connectivity index (χ4v) is 3.33. The predicted octanol–water partition coefficient (Wildman–Crippen LogP) is 5.13. The minimum absolute atomic E-state index is 0.282. The van der Waals surface area contributed by atoms with Crippen LogP contribution in [0.2, 0.25) is 5.02 Å². The van der Waals surface area contributed by atoms with Crippen LogP contribution >= 0.6 is 23.4 Å². The van der Waals surface area contributed by atoms with Crippen molar-refractivity contribution in [3.05, 3.63) is 52.0 Å². The zero-order chi connectivity index (χ0) is 18.6. The summed E-state index contributed by atoms with van der Waals surface area (Å²) in [5.74, 6) is 1.02. The number of carbonyl (C=O) groups is 1. The monoisotopic (exact) mass is 378 g/mol. The first kappa shape index (κ1) is 19.5. The maximum absolute atomic E-state index is 12.7. The zero-order valence-electron chi connectivity index (χ0n) is 14.9. The Kier molecular flexibility index (Phi) is 6.62. The first-order valence-corrected chi connectivity index (χ1v) is 9.40. The molecule has 0 aliphatic carbocycles. The minimum atomic E-state index is -0.282. The van der Waals surface area contributed by atoms with Crippen LogP contribution in [0.25, 0.3) is 0 Å². The van der Waals surface area contributed by atoms with Gasteiger partial charge in [0, 0.05) is 17.5 Å². The number of amides is 1. The summed E-state index contributed by atoms with van der Waals surface area (Å²) in [6, 6.07) is 9.01. The van der Waals surface area contributed by atoms with Gasteiger partial charge in [0.2, 0.25) is 0 Å². The Morgan fingerprint density at radius 3 is 2.72 bits per heavy atom. The normalized spacial score (nSPS) is 10.8. The molecule has 3 N–H and O–H groups in total. The molecule has 0 saturated heterocycles. The summed E-state index contributed by atoms with van der Waals surface area (Å²) in [6.07, 6.45) is 0. The second-order valence-corrected chi connectivity index (χ2v) is 7.95. The largest absolute Gasteiger partial charge is 0.496 e. The average molecular weight is 379 g/mol. The lowest BCUT2D eigenvalue weighted by Gasteiger charge is -2.15. The third kappa shape index (κ3) is 4.83. The molecular formula is C19H23ClN2O2S. The summed E-state index contributed by atoms with van der Waals surface area (Å²) >= 11 is 7.92. The number of thioether (sulfide) groups is 1. The van der Waals surface area contributed by atoms with Crippen molar-refractivity contribution in [2.24, 2.45) is 0 Å². The summed E-state index contributed by atoms with van der Waals surface area (Å²) in [5.41, 5.74) is 9.54. The average Bonchev–Trinajstić information content (AvgIpc) is 2.57. The molecule has 0 atom stereocenters. The number of nitrogens with one attached hydrogen (secondary N) is 1. The molecule has 0 spiro atoms. The molecule has 0 aromatic heterocycles. The third-order valence-corrected chi connectivity index (χ3v) is 5.30. The van der Waals surface area contributed by atoms with E-state index in [1.807, 2.05) is 30.8 Å². The van der Waals surface area contributed by atoms with E-state index in [1.54, 1.807) is 6.07 Å². The van der Waals surface area contributed by atoms with Gasteiger partial charge in [0.05, 0.1) is 23.4 Å². The van der Waals surface area contributed by atoms with E-state index in [1.165, 1.54) is 18.7 Å². The number of hydrogen-bond donors (Lipinski definition) is 2. The van der Waals surface area contributed by atoms with E-state index < -0.39 is 0 Å². The van der Waals surface area contributed by atoms with Crippen LogP contribution in [0.3, 0.4) is 0 Å². The number of rotatable bonds is 6. The van der Waals surface area contributed by atoms with Crippen molar-refractivity contribution in [3.8, 4) is 5.75 Å². The van der Waals surface area contributed by atoms with Crippen LogP contribution in [0.4, 0.5) is 11.4 Å². The maximum Gasteiger partial charge on any atom is 0.259 e. The lowest BCUT2D eigenvalue weighted by molar-refractivity contribution is 0.102. The zero-order valence-corrected chi connectivity index (χ0v) is 16.4. The standard InChI is InChI=1S/C19H23ClN2O2S/c1-11(2)25-10-13-6-5-7-17(12(13)3)22-19(23)14-8-15(20)16(21)9-18(14)24-4/h5-9,11H,10,21H2,1-4H3,(H,22,23). The molecule has 1 amide bonds. The second-order valence-electron chi connectivity index (χ2n) is 5.98. The van der Waals surface area contributed by atoms with Crippen molar-refractivity contribution < 1.29 is 9.53 Å². The molecule has 134 valence electrons. The van der Waals surface area contributed by atoms with Crippen LogP contribution < -0.4 is 15.8 Å². The molecule has 0 radical (unpaired) electrons. The van der Waals surface area contributed by atoms with Gasteiger partial charge in [-0.05, 0) is 35.4 Å². The van der Waals surface area contributed by atoms with Crippen LogP contribution in [-0.2, 0) is 5.75 Å². The lowest BCUT2D eigenvalue weighted by atomic mass is 10.1. The summed E-state index contributed by atoms with van der Waals surface area (Å²) in [5, 5.41) is 3.83. The summed E-state index contributed by atoms with van der Waals surface area (Å²) in [7, 11) is 1.49. The third-order valence-electron chi connectivity index (χ3n) is 3.83. The quantitative estimate of drug-likeness (QED) is 0.683. The van der Waals surface area contributed by atoms with Crippen LogP contribution in [0.1, 0.15) is 35.3 Å². The Hall–Kier alpha value is -1.85. The van der Waals surface area contributed by atoms with Crippen LogP contribution in [0.15, 0.2) is 30.3 Å². The van der Waals surface area contributed by atoms with Crippen molar-refractivity contribution in [1.29, 1.82) is 0 Å². The number of ether oxygens (including phenoxy) is 1. The lowest BCUT2D eigenvalue weighted by Crippen LogP contribution is -2.15. The van der Waals surface area contributed by atoms with E-state index in [4.69, 9.17) is 22.1 Å². The van der Waals surface area contributed by atoms with E-state index in [0.29, 0.717) is 27.3 Å². The van der Waals surface area contributed by atoms with E-state index in [0.717, 1.165) is 17.0 Å². The molecule has 25 heavy (non-hydrogen) atoms. The first-order chi connectivity index (χ1) is 11.8. The molecule has 0 saturated carbocycles. The molecule has 0 aliphatic heterocycles. The molecule has 0 bridgehead atoms. The van der Waals surface area contributed by atoms with Crippen LogP contribution in [0.5, 0.6) is 5.75 Å². The minimum Gasteiger partial charge on any atom is -0.496 e. The predicted molar refractivity (Wildman–Crippen MR) is 108 cm³/mol. The highest BCUT2D eigenvalue weighted by molar-refractivity contribution is 7.99. The van der Waals surface area contributed by atoms with Gasteiger partial charge in [-0.1, -0.05) is 37.6 Å². The summed E-state index contributed by atoms with van der Waals surface area (Å²) in [6.45, 7) is 6.35. The smallest absolute Gasteiger partial charge is 0.259 e. The van der Waals surface area contributed by atoms with Crippen molar-refractivity contribution in [2.75, 3.05) is 18.2 Å². The molecule has 2 aromatic carbocycles. The molecule has 0 aliphatic rings. The molecular weight excluding hydrogens is 356 g/mol. The van der Waals surface area contributed by atoms with E-state index >= 15 is 0 Å². The maximum atomic E-state index is 12.7. The molecule has 0 fully saturated rings. The Labute approximate surface area is 158 Å². The molecule has 6 heteroatoms. The number of benzene rings is 2. The second kappa shape index (κ2) is 8.50. The van der Waals surface area contributed by atoms with Gasteiger partial charge in [-0.25, -0.2) is 0 Å². The molecule has 2 rings (SSSR count). The van der Waals surface area contributed by atoms with Gasteiger partial charge in [-0.2, -0.15) is 11.8 Å². The number of halogens is 1. The highest BCUT2D eigenvalue weighted by Gasteiger charge is 2.16. The van der Waals surface area contributed by atoms with E-state index in [-0.39, 0.29) is 5.91 Å². The molecule has 2 aromatic rings. The molecule has 4 nitrogen and oxygen atoms in total. The Morgan fingerprint density at radius 1 is 1.36 bits per heavy atom. The van der Waals surface area contributed by atoms with Gasteiger partial charge >= 0.3 is 0 Å². The van der Waals surface area contributed by atoms with Gasteiger partial charge in [-0.15, -0.1) is 0 Å². The highest BCUT2D eigenvalue weighted by Crippen LogP contribution is 2.30. The Morgan fingerprint density at radius 2 is 2.08 bits per heavy atom. The van der Waals surface area contributed by atoms with Crippen LogP contribution in [-0.4, -0.2) is 18.3 Å². The van der Waals surface area contributed by atoms with Crippen molar-refractivity contribution in [3.63, 3.8) is 0 Å². The highest BCUT2D eigenvalue weighted by atomic mass is 35.5. The van der Waals surface area contributed by atoms with Gasteiger partial charge in [0.15, 0.2) is 0 Å². The number of nitrogen functional groups attached to an aromatic ring is 1. The number of carbonyl (C=O) groups excluding carboxylic acids is 1. The molecule has 0 heterocycles. The van der Waals surface area contributed by atoms with Gasteiger partial charge in [0.25, 0.3) is 5.91 Å². The Bertz CT molecular complexity index is 778. The number of anilines is 2. The molecule has 0 unspecified atom stereocenters. The van der Waals surface area contributed by atoms with Gasteiger partial charge in [-0.3, -0.25) is 4.79 Å². The number of methoxy groups -OCH3 is 1. The number of hydrogen-bond acceptors (Lipinski definition) is 4. The van der Waals surface area contributed by atoms with Crippen molar-refractivity contribution >= 4 is 40.6 Å². The summed E-state index contributed by atoms with van der Waals surface area (Å²) in [4.78, 5) is 12.7. The van der Waals surface area contributed by atoms with E-state index in [9.17, 15) is 4.79 Å². The topological polar surface area (TPSA) is 64.3 Å². The van der Waals surface area contributed by atoms with Gasteiger partial charge in [0.1, 0.15) is 5.75 Å². The first-order valence-electron chi connectivity index (χ1n) is 7.98. The SMILES string of the molecule is COc1cc(N)c(Cl)cc1C(=O)Nc1cccc(CSC(C)C)c1C. The number of nitrogens with two attached hydrogens (primary N) is 1. The fourth-order valence-electron chi connectivity index (χ4n) is 2.34. The van der Waals surface area contributed by atoms with Crippen molar-refractivity contribution in [1.82, 2.24) is 0 Å². The summed E-state index contributed by atoms with van der Waals surface area (Å²) < 4.78 is 5.26. The fraction of sp³-hybridized carbons (Fsp3) is 0.316.